The van der Waals surface area contributed by atoms with Crippen LogP contribution in [-0.2, 0) is 4.74 Å². The molecule has 10 heavy (non-hydrogen) atoms. The Labute approximate surface area is 56.0 Å². The maximum Gasteiger partial charge on any atom is 0.522 e. The van der Waals surface area contributed by atoms with E-state index in [0.717, 1.165) is 0 Å². The Morgan fingerprint density at radius 1 is 1.10 bits per heavy atom. The summed E-state index contributed by atoms with van der Waals surface area (Å²) >= 11 is 0. The third kappa shape index (κ3) is 7.68. The van der Waals surface area contributed by atoms with E-state index in [4.69, 9.17) is 0 Å². The lowest BCUT2D eigenvalue weighted by atomic mass is 10.3. The molecule has 0 amide bonds. The average molecular weight is 160 g/mol. The van der Waals surface area contributed by atoms with Crippen molar-refractivity contribution in [3.05, 3.63) is 0 Å². The molecular weight excluding hydrogens is 152 g/mol. The van der Waals surface area contributed by atoms with Gasteiger partial charge in [0.25, 0.3) is 0 Å². The van der Waals surface area contributed by atoms with Gasteiger partial charge in [0, 0.05) is 0 Å². The fraction of sp³-hybridized carbons (Fsp3) is 1.00. The van der Waals surface area contributed by atoms with Crippen molar-refractivity contribution in [2.75, 3.05) is 13.3 Å². The predicted molar refractivity (Wildman–Crippen MR) is 27.2 cm³/mol. The van der Waals surface area contributed by atoms with Crippen molar-refractivity contribution in [2.45, 2.75) is 19.2 Å². The van der Waals surface area contributed by atoms with E-state index in [0.29, 0.717) is 0 Å². The number of rotatable bonds is 4. The highest BCUT2D eigenvalue weighted by Gasteiger charge is 2.28. The van der Waals surface area contributed by atoms with Crippen LogP contribution in [0.4, 0.5) is 17.6 Å². The van der Waals surface area contributed by atoms with Crippen LogP contribution in [0.1, 0.15) is 12.8 Å². The van der Waals surface area contributed by atoms with E-state index in [2.05, 4.69) is 4.74 Å². The Balaban J connectivity index is 3.04. The minimum atomic E-state index is -4.57. The van der Waals surface area contributed by atoms with E-state index in [1.165, 1.54) is 0 Å². The molecule has 1 nitrogen and oxygen atoms in total. The van der Waals surface area contributed by atoms with Gasteiger partial charge in [0.15, 0.2) is 0 Å². The third-order valence-corrected chi connectivity index (χ3v) is 0.794. The fourth-order valence-electron chi connectivity index (χ4n) is 0.384. The van der Waals surface area contributed by atoms with Crippen LogP contribution >= 0.6 is 0 Å². The zero-order valence-electron chi connectivity index (χ0n) is 5.25. The van der Waals surface area contributed by atoms with Gasteiger partial charge in [-0.15, -0.1) is 13.2 Å². The summed E-state index contributed by atoms with van der Waals surface area (Å²) in [5, 5.41) is 0. The second-order valence-corrected chi connectivity index (χ2v) is 1.69. The molecule has 0 atom stereocenters. The highest BCUT2D eigenvalue weighted by molar-refractivity contribution is 4.36. The van der Waals surface area contributed by atoms with E-state index >= 15 is 0 Å². The molecule has 62 valence electrons. The van der Waals surface area contributed by atoms with Crippen LogP contribution in [0.5, 0.6) is 0 Å². The van der Waals surface area contributed by atoms with Gasteiger partial charge in [-0.05, 0) is 12.8 Å². The van der Waals surface area contributed by atoms with Crippen LogP contribution in [0.3, 0.4) is 0 Å². The summed E-state index contributed by atoms with van der Waals surface area (Å²) in [5.41, 5.74) is 0. The second kappa shape index (κ2) is 4.49. The fourth-order valence-corrected chi connectivity index (χ4v) is 0.384. The topological polar surface area (TPSA) is 9.23 Å². The molecule has 0 aromatic heterocycles. The van der Waals surface area contributed by atoms with Crippen molar-refractivity contribution in [1.82, 2.24) is 0 Å². The van der Waals surface area contributed by atoms with E-state index in [9.17, 15) is 17.6 Å². The lowest BCUT2D eigenvalue weighted by molar-refractivity contribution is -0.324. The first-order valence-electron chi connectivity index (χ1n) is 2.83. The molecule has 0 bridgehead atoms. The Morgan fingerprint density at radius 2 is 1.70 bits per heavy atom. The van der Waals surface area contributed by atoms with E-state index in [1.54, 1.807) is 0 Å². The summed E-state index contributed by atoms with van der Waals surface area (Å²) in [6.45, 7) is -1.05. The maximum atomic E-state index is 11.3. The average Bonchev–Trinajstić information content (AvgIpc) is 1.78. The van der Waals surface area contributed by atoms with E-state index in [-0.39, 0.29) is 12.8 Å². The number of ether oxygens (including phenoxy) is 1. The van der Waals surface area contributed by atoms with Crippen LogP contribution in [-0.4, -0.2) is 19.6 Å². The van der Waals surface area contributed by atoms with Gasteiger partial charge < -0.3 is 0 Å². The van der Waals surface area contributed by atoms with Crippen molar-refractivity contribution in [1.29, 1.82) is 0 Å². The number of hydrogen-bond acceptors (Lipinski definition) is 1. The molecule has 0 radical (unpaired) electrons. The van der Waals surface area contributed by atoms with Gasteiger partial charge in [-0.1, -0.05) is 0 Å². The van der Waals surface area contributed by atoms with Gasteiger partial charge in [-0.2, -0.15) is 0 Å². The molecule has 0 saturated heterocycles. The first-order chi connectivity index (χ1) is 4.56. The van der Waals surface area contributed by atoms with Crippen LogP contribution in [0.25, 0.3) is 0 Å². The predicted octanol–water partition coefficient (Wildman–Crippen LogP) is 2.27. The molecule has 0 aliphatic heterocycles. The number of hydrogen-bond donors (Lipinski definition) is 0. The smallest absolute Gasteiger partial charge is 0.292 e. The molecule has 0 fully saturated rings. The quantitative estimate of drug-likeness (QED) is 0.452. The van der Waals surface area contributed by atoms with Gasteiger partial charge in [-0.3, -0.25) is 9.13 Å². The van der Waals surface area contributed by atoms with Gasteiger partial charge in [0.1, 0.15) is 0 Å². The Kier molecular flexibility index (Phi) is 4.34. The van der Waals surface area contributed by atoms with Gasteiger partial charge in [-0.25, -0.2) is 0 Å². The molecule has 5 heteroatoms. The van der Waals surface area contributed by atoms with Gasteiger partial charge in [0.05, 0.1) is 13.3 Å². The van der Waals surface area contributed by atoms with Crippen molar-refractivity contribution < 1.29 is 22.3 Å². The van der Waals surface area contributed by atoms with Crippen LogP contribution in [0.15, 0.2) is 0 Å². The molecule has 0 aromatic carbocycles. The normalized spacial score (nSPS) is 12.0. The monoisotopic (exact) mass is 160 g/mol. The highest BCUT2D eigenvalue weighted by Crippen LogP contribution is 2.16. The second-order valence-electron chi connectivity index (χ2n) is 1.69. The molecular formula is C5H8F4O. The first kappa shape index (κ1) is 9.68. The maximum absolute atomic E-state index is 11.3. The molecule has 0 spiro atoms. The molecule has 0 aliphatic carbocycles. The number of unbranched alkanes of at least 4 members (excludes halogenated alkanes) is 1. The molecule has 0 unspecified atom stereocenters. The molecule has 0 N–H and O–H groups in total. The van der Waals surface area contributed by atoms with E-state index < -0.39 is 19.6 Å². The minimum absolute atomic E-state index is 0.107. The summed E-state index contributed by atoms with van der Waals surface area (Å²) in [5.74, 6) is 0. The van der Waals surface area contributed by atoms with Crippen molar-refractivity contribution in [3.8, 4) is 0 Å². The van der Waals surface area contributed by atoms with Gasteiger partial charge >= 0.3 is 6.36 Å². The summed E-state index contributed by atoms with van der Waals surface area (Å²) in [7, 11) is 0. The Morgan fingerprint density at radius 3 is 2.10 bits per heavy atom. The van der Waals surface area contributed by atoms with E-state index in [1.807, 2.05) is 0 Å². The molecule has 0 heterocycles. The van der Waals surface area contributed by atoms with Crippen LogP contribution in [0, 0.1) is 0 Å². The van der Waals surface area contributed by atoms with Crippen molar-refractivity contribution in [3.63, 3.8) is 0 Å². The Bertz CT molecular complexity index is 80.2. The standard InChI is InChI=1S/C5H8F4O/c6-3-1-2-4-10-5(7,8)9/h1-4H2. The molecule has 0 rings (SSSR count). The molecule has 0 aromatic rings. The summed E-state index contributed by atoms with van der Waals surface area (Å²) < 4.78 is 48.1. The lowest BCUT2D eigenvalue weighted by Gasteiger charge is -2.05. The van der Waals surface area contributed by atoms with Crippen molar-refractivity contribution in [2.24, 2.45) is 0 Å². The number of alkyl halides is 4. The first-order valence-corrected chi connectivity index (χ1v) is 2.83. The SMILES string of the molecule is FCCCCOC(F)(F)F. The van der Waals surface area contributed by atoms with Crippen molar-refractivity contribution >= 4 is 0 Å². The molecule has 0 aliphatic rings. The van der Waals surface area contributed by atoms with Crippen LogP contribution < -0.4 is 0 Å². The minimum Gasteiger partial charge on any atom is -0.292 e. The molecule has 0 saturated carbocycles. The van der Waals surface area contributed by atoms with Crippen LogP contribution in [0.2, 0.25) is 0 Å². The summed E-state index contributed by atoms with van der Waals surface area (Å²) in [6, 6.07) is 0. The Hall–Kier alpha value is -0.320. The summed E-state index contributed by atoms with van der Waals surface area (Å²) in [6.07, 6.45) is -4.34. The zero-order chi connectivity index (χ0) is 8.04. The highest BCUT2D eigenvalue weighted by atomic mass is 19.4. The third-order valence-electron chi connectivity index (χ3n) is 0.794. The zero-order valence-corrected chi connectivity index (χ0v) is 5.25. The lowest BCUT2D eigenvalue weighted by Crippen LogP contribution is -2.14. The largest absolute Gasteiger partial charge is 0.522 e. The summed E-state index contributed by atoms with van der Waals surface area (Å²) in [4.78, 5) is 0. The number of halogens is 4. The van der Waals surface area contributed by atoms with Gasteiger partial charge in [0.2, 0.25) is 0 Å².